The van der Waals surface area contributed by atoms with E-state index in [-0.39, 0.29) is 5.92 Å². The molecule has 0 heterocycles. The highest BCUT2D eigenvalue weighted by Crippen LogP contribution is 2.30. The average molecular weight is 266 g/mol. The van der Waals surface area contributed by atoms with Crippen LogP contribution >= 0.6 is 8.03 Å². The van der Waals surface area contributed by atoms with Crippen molar-refractivity contribution in [3.8, 4) is 0 Å². The monoisotopic (exact) mass is 266 g/mol. The molecule has 0 aliphatic heterocycles. The zero-order chi connectivity index (χ0) is 13.6. The van der Waals surface area contributed by atoms with E-state index in [0.29, 0.717) is 0 Å². The zero-order valence-electron chi connectivity index (χ0n) is 10.9. The van der Waals surface area contributed by atoms with Crippen LogP contribution < -0.4 is 5.73 Å². The average Bonchev–Trinajstić information content (AvgIpc) is 2.13. The zero-order valence-corrected chi connectivity index (χ0v) is 11.8. The fourth-order valence-corrected chi connectivity index (χ4v) is 1.55. The van der Waals surface area contributed by atoms with Crippen molar-refractivity contribution in [2.24, 2.45) is 11.7 Å². The Balaban J connectivity index is 3.85. The summed E-state index contributed by atoms with van der Waals surface area (Å²) >= 11 is 0. The summed E-state index contributed by atoms with van der Waals surface area (Å²) in [6.07, 6.45) is -0.862. The number of carbonyl (C=O) groups excluding carboxylic acids is 1. The summed E-state index contributed by atoms with van der Waals surface area (Å²) in [5.74, 6) is -0.549. The third kappa shape index (κ3) is 8.07. The fourth-order valence-electron chi connectivity index (χ4n) is 0.735. The Hall–Kier alpha value is -0.710. The minimum atomic E-state index is -2.05. The predicted octanol–water partition coefficient (Wildman–Crippen LogP) is 2.60. The van der Waals surface area contributed by atoms with Gasteiger partial charge in [0.05, 0.1) is 0 Å². The molecule has 0 spiro atoms. The molecule has 0 amide bonds. The molecule has 17 heavy (non-hydrogen) atoms. The maximum Gasteiger partial charge on any atom is 0.530 e. The first kappa shape index (κ1) is 16.3. The van der Waals surface area contributed by atoms with Crippen LogP contribution in [0.3, 0.4) is 0 Å². The van der Waals surface area contributed by atoms with E-state index in [9.17, 15) is 9.36 Å². The number of hydrogen-bond acceptors (Lipinski definition) is 6. The van der Waals surface area contributed by atoms with Crippen LogP contribution in [-0.4, -0.2) is 24.3 Å². The first-order valence-corrected chi connectivity index (χ1v) is 6.59. The van der Waals surface area contributed by atoms with E-state index in [1.165, 1.54) is 0 Å². The standard InChI is InChI=1S/C10H21NO5P/c1-7(2)8(11)17(13)15-6-14-9(12)16-10(3,4)5/h7-8H,6,11H2,1-5H3/q+1. The van der Waals surface area contributed by atoms with Gasteiger partial charge < -0.3 is 9.47 Å². The summed E-state index contributed by atoms with van der Waals surface area (Å²) in [5.41, 5.74) is 4.97. The van der Waals surface area contributed by atoms with Crippen molar-refractivity contribution in [1.29, 1.82) is 0 Å². The van der Waals surface area contributed by atoms with Crippen molar-refractivity contribution < 1.29 is 23.4 Å². The summed E-state index contributed by atoms with van der Waals surface area (Å²) in [5, 5.41) is 0. The van der Waals surface area contributed by atoms with E-state index in [0.717, 1.165) is 0 Å². The number of hydrogen-bond donors (Lipinski definition) is 1. The summed E-state index contributed by atoms with van der Waals surface area (Å²) in [6, 6.07) is 0. The Morgan fingerprint density at radius 1 is 1.35 bits per heavy atom. The van der Waals surface area contributed by atoms with Crippen LogP contribution in [0.4, 0.5) is 4.79 Å². The van der Waals surface area contributed by atoms with Crippen LogP contribution in [0.25, 0.3) is 0 Å². The quantitative estimate of drug-likeness (QED) is 0.467. The SMILES string of the molecule is CC(C)C(N)[P+](=O)OCOC(=O)OC(C)(C)C. The number of ether oxygens (including phenoxy) is 2. The Morgan fingerprint density at radius 2 is 1.88 bits per heavy atom. The highest BCUT2D eigenvalue weighted by Gasteiger charge is 2.32. The van der Waals surface area contributed by atoms with E-state index in [2.05, 4.69) is 4.74 Å². The second-order valence-electron chi connectivity index (χ2n) is 4.88. The molecule has 0 saturated heterocycles. The van der Waals surface area contributed by atoms with Crippen LogP contribution in [0, 0.1) is 5.92 Å². The van der Waals surface area contributed by atoms with Crippen molar-refractivity contribution in [3.63, 3.8) is 0 Å². The third-order valence-corrected chi connectivity index (χ3v) is 3.12. The maximum atomic E-state index is 11.4. The smallest absolute Gasteiger partial charge is 0.429 e. The first-order chi connectivity index (χ1) is 7.63. The largest absolute Gasteiger partial charge is 0.530 e. The van der Waals surface area contributed by atoms with Crippen LogP contribution in [0.5, 0.6) is 0 Å². The van der Waals surface area contributed by atoms with Gasteiger partial charge in [-0.1, -0.05) is 13.8 Å². The lowest BCUT2D eigenvalue weighted by Crippen LogP contribution is -2.25. The Kier molecular flexibility index (Phi) is 6.60. The molecule has 6 nitrogen and oxygen atoms in total. The van der Waals surface area contributed by atoms with E-state index >= 15 is 0 Å². The van der Waals surface area contributed by atoms with Gasteiger partial charge in [-0.3, -0.25) is 5.73 Å². The molecular formula is C10H21NO5P+. The lowest BCUT2D eigenvalue weighted by atomic mass is 10.2. The first-order valence-electron chi connectivity index (χ1n) is 5.34. The molecule has 0 aliphatic rings. The molecule has 0 aromatic rings. The van der Waals surface area contributed by atoms with Gasteiger partial charge >= 0.3 is 14.2 Å². The molecule has 2 atom stereocenters. The van der Waals surface area contributed by atoms with Crippen molar-refractivity contribution in [2.45, 2.75) is 46.0 Å². The van der Waals surface area contributed by atoms with Crippen molar-refractivity contribution in [2.75, 3.05) is 6.79 Å². The van der Waals surface area contributed by atoms with Gasteiger partial charge in [-0.15, -0.1) is 4.52 Å². The third-order valence-electron chi connectivity index (χ3n) is 1.67. The molecule has 0 aliphatic carbocycles. The Bertz CT molecular complexity index is 274. The minimum absolute atomic E-state index is 0.0279. The molecule has 2 unspecified atom stereocenters. The number of nitrogens with two attached hydrogens (primary N) is 1. The lowest BCUT2D eigenvalue weighted by molar-refractivity contribution is -0.0347. The predicted molar refractivity (Wildman–Crippen MR) is 63.7 cm³/mol. The summed E-state index contributed by atoms with van der Waals surface area (Å²) in [7, 11) is -2.05. The molecule has 0 aromatic carbocycles. The Morgan fingerprint density at radius 3 is 2.29 bits per heavy atom. The summed E-state index contributed by atoms with van der Waals surface area (Å²) in [6.45, 7) is 8.37. The normalized spacial score (nSPS) is 14.4. The molecule has 0 aromatic heterocycles. The molecule has 0 rings (SSSR count). The van der Waals surface area contributed by atoms with Gasteiger partial charge in [0.15, 0.2) is 0 Å². The van der Waals surface area contributed by atoms with Gasteiger partial charge in [0.1, 0.15) is 5.60 Å². The molecule has 0 bridgehead atoms. The van der Waals surface area contributed by atoms with Crippen LogP contribution in [0.1, 0.15) is 34.6 Å². The molecule has 0 fully saturated rings. The van der Waals surface area contributed by atoms with E-state index in [1.54, 1.807) is 20.8 Å². The van der Waals surface area contributed by atoms with Gasteiger partial charge in [-0.25, -0.2) is 4.79 Å². The number of rotatable bonds is 5. The number of carbonyl (C=O) groups is 1. The molecule has 0 saturated carbocycles. The second-order valence-corrected chi connectivity index (χ2v) is 6.30. The van der Waals surface area contributed by atoms with Gasteiger partial charge in [-0.05, 0) is 25.3 Å². The molecule has 0 radical (unpaired) electrons. The maximum absolute atomic E-state index is 11.4. The summed E-state index contributed by atoms with van der Waals surface area (Å²) in [4.78, 5) is 11.1. The van der Waals surface area contributed by atoms with E-state index in [1.807, 2.05) is 13.8 Å². The molecular weight excluding hydrogens is 245 g/mol. The second kappa shape index (κ2) is 6.89. The van der Waals surface area contributed by atoms with Crippen LogP contribution in [-0.2, 0) is 18.6 Å². The van der Waals surface area contributed by atoms with Gasteiger partial charge in [0.25, 0.3) is 0 Å². The molecule has 2 N–H and O–H groups in total. The van der Waals surface area contributed by atoms with Crippen LogP contribution in [0.2, 0.25) is 0 Å². The fraction of sp³-hybridized carbons (Fsp3) is 0.900. The van der Waals surface area contributed by atoms with Crippen molar-refractivity contribution in [3.05, 3.63) is 0 Å². The van der Waals surface area contributed by atoms with Gasteiger partial charge in [0, 0.05) is 5.92 Å². The van der Waals surface area contributed by atoms with Gasteiger partial charge in [-0.2, -0.15) is 0 Å². The lowest BCUT2D eigenvalue weighted by Gasteiger charge is -2.18. The topological polar surface area (TPSA) is 87.9 Å². The molecule has 100 valence electrons. The minimum Gasteiger partial charge on any atom is -0.429 e. The van der Waals surface area contributed by atoms with E-state index < -0.39 is 32.4 Å². The molecule has 7 heteroatoms. The van der Waals surface area contributed by atoms with E-state index in [4.69, 9.17) is 15.0 Å². The van der Waals surface area contributed by atoms with Crippen molar-refractivity contribution in [1.82, 2.24) is 0 Å². The van der Waals surface area contributed by atoms with Gasteiger partial charge in [0.2, 0.25) is 12.6 Å². The van der Waals surface area contributed by atoms with Crippen LogP contribution in [0.15, 0.2) is 0 Å². The Labute approximate surface area is 103 Å². The van der Waals surface area contributed by atoms with Crippen molar-refractivity contribution >= 4 is 14.2 Å². The highest BCUT2D eigenvalue weighted by molar-refractivity contribution is 7.39. The highest BCUT2D eigenvalue weighted by atomic mass is 31.1. The summed E-state index contributed by atoms with van der Waals surface area (Å²) < 4.78 is 25.7.